The van der Waals surface area contributed by atoms with Crippen molar-refractivity contribution in [3.63, 3.8) is 0 Å². The Hall–Kier alpha value is -1.97. The maximum Gasteiger partial charge on any atom is 0.222 e. The van der Waals surface area contributed by atoms with Crippen molar-refractivity contribution in [2.75, 3.05) is 24.7 Å². The van der Waals surface area contributed by atoms with Crippen molar-refractivity contribution in [3.05, 3.63) is 51.2 Å². The fourth-order valence-electron chi connectivity index (χ4n) is 2.85. The molecule has 2 heterocycles. The number of rotatable bonds is 6. The second-order valence-electron chi connectivity index (χ2n) is 5.84. The van der Waals surface area contributed by atoms with Crippen molar-refractivity contribution < 1.29 is 29.2 Å². The van der Waals surface area contributed by atoms with E-state index in [-0.39, 0.29) is 39.5 Å². The van der Waals surface area contributed by atoms with Gasteiger partial charge in [0.1, 0.15) is 24.6 Å². The smallest absolute Gasteiger partial charge is 0.222 e. The average molecular weight is 417 g/mol. The summed E-state index contributed by atoms with van der Waals surface area (Å²) in [5, 5.41) is 28.0. The molecule has 7 nitrogen and oxygen atoms in total. The summed E-state index contributed by atoms with van der Waals surface area (Å²) in [5.74, 6) is -1.10. The number of carbonyl (C=O) groups excluding carboxylic acids is 1. The normalized spacial score (nSPS) is 20.1. The van der Waals surface area contributed by atoms with Gasteiger partial charge in [-0.05, 0) is 12.1 Å². The molecule has 0 aromatic heterocycles. The molecule has 0 saturated heterocycles. The molecule has 3 rings (SSSR count). The summed E-state index contributed by atoms with van der Waals surface area (Å²) in [4.78, 5) is 18.0. The van der Waals surface area contributed by atoms with Crippen molar-refractivity contribution >= 4 is 40.9 Å². The molecular weight excluding hydrogens is 402 g/mol. The molecule has 144 valence electrons. The van der Waals surface area contributed by atoms with Crippen molar-refractivity contribution in [1.82, 2.24) is 0 Å². The van der Waals surface area contributed by atoms with Crippen molar-refractivity contribution in [2.24, 2.45) is 4.99 Å². The molecule has 2 aliphatic heterocycles. The number of halogens is 3. The first-order chi connectivity index (χ1) is 12.9. The van der Waals surface area contributed by atoms with Crippen LogP contribution in [0.25, 0.3) is 0 Å². The number of ether oxygens (including phenoxy) is 1. The minimum atomic E-state index is -1.13. The monoisotopic (exact) mass is 416 g/mol. The Kier molecular flexibility index (Phi) is 5.83. The summed E-state index contributed by atoms with van der Waals surface area (Å²) in [5.41, 5.74) is 0.555. The van der Waals surface area contributed by atoms with E-state index in [1.165, 1.54) is 17.2 Å². The number of anilines is 1. The zero-order chi connectivity index (χ0) is 19.7. The molecule has 0 saturated carbocycles. The number of hydrogen-bond donors (Lipinski definition) is 3. The van der Waals surface area contributed by atoms with Crippen LogP contribution in [0.3, 0.4) is 0 Å². The Morgan fingerprint density at radius 2 is 1.96 bits per heavy atom. The summed E-state index contributed by atoms with van der Waals surface area (Å²) < 4.78 is 18.9. The molecule has 0 aliphatic carbocycles. The molecule has 0 spiro atoms. The number of ketones is 1. The average Bonchev–Trinajstić information content (AvgIpc) is 3.04. The van der Waals surface area contributed by atoms with E-state index in [0.29, 0.717) is 0 Å². The first-order valence-electron chi connectivity index (χ1n) is 7.87. The third-order valence-corrected chi connectivity index (χ3v) is 4.59. The van der Waals surface area contributed by atoms with Gasteiger partial charge in [0.25, 0.3) is 0 Å². The fraction of sp³-hybridized carbons (Fsp3) is 0.294. The van der Waals surface area contributed by atoms with Gasteiger partial charge in [0.05, 0.1) is 34.5 Å². The van der Waals surface area contributed by atoms with Gasteiger partial charge in [0.2, 0.25) is 5.88 Å². The van der Waals surface area contributed by atoms with Crippen LogP contribution in [0, 0.1) is 5.82 Å². The minimum absolute atomic E-state index is 0.00785. The number of fused-ring (bicyclic) bond motifs is 1. The van der Waals surface area contributed by atoms with Crippen molar-refractivity contribution in [3.8, 4) is 0 Å². The Morgan fingerprint density at radius 3 is 2.56 bits per heavy atom. The van der Waals surface area contributed by atoms with Crippen LogP contribution in [-0.2, 0) is 9.53 Å². The zero-order valence-electron chi connectivity index (χ0n) is 13.8. The number of aliphatic hydroxyl groups is 3. The van der Waals surface area contributed by atoms with Crippen LogP contribution in [0.1, 0.15) is 0 Å². The molecule has 2 unspecified atom stereocenters. The molecule has 2 aliphatic rings. The number of hydrogen-bond acceptors (Lipinski definition) is 7. The van der Waals surface area contributed by atoms with Gasteiger partial charge in [0, 0.05) is 18.0 Å². The lowest BCUT2D eigenvalue weighted by molar-refractivity contribution is -0.112. The van der Waals surface area contributed by atoms with E-state index in [4.69, 9.17) is 33.0 Å². The number of allylic oxidation sites excluding steroid dienone is 1. The lowest BCUT2D eigenvalue weighted by Crippen LogP contribution is -2.43. The topological polar surface area (TPSA) is 103 Å². The molecule has 0 bridgehead atoms. The quantitative estimate of drug-likeness (QED) is 0.648. The van der Waals surface area contributed by atoms with Crippen LogP contribution in [-0.4, -0.2) is 59.3 Å². The molecule has 0 fully saturated rings. The number of nitrogens with zero attached hydrogens (tertiary/aromatic N) is 2. The van der Waals surface area contributed by atoms with Crippen molar-refractivity contribution in [2.45, 2.75) is 12.1 Å². The van der Waals surface area contributed by atoms with Crippen LogP contribution < -0.4 is 4.90 Å². The molecule has 10 heteroatoms. The predicted octanol–water partition coefficient (Wildman–Crippen LogP) is 1.43. The van der Waals surface area contributed by atoms with Crippen molar-refractivity contribution in [1.29, 1.82) is 0 Å². The first kappa shape index (κ1) is 19.8. The molecule has 0 amide bonds. The molecule has 2 atom stereocenters. The Morgan fingerprint density at radius 1 is 1.30 bits per heavy atom. The summed E-state index contributed by atoms with van der Waals surface area (Å²) in [6.45, 7) is -1.26. The third-order valence-electron chi connectivity index (χ3n) is 4.02. The van der Waals surface area contributed by atoms with Crippen LogP contribution in [0.5, 0.6) is 0 Å². The highest BCUT2D eigenvalue weighted by molar-refractivity contribution is 6.39. The number of carbonyl (C=O) groups is 1. The van der Waals surface area contributed by atoms with Gasteiger partial charge < -0.3 is 25.0 Å². The number of aliphatic hydroxyl groups excluding tert-OH is 3. The van der Waals surface area contributed by atoms with Gasteiger partial charge in [-0.2, -0.15) is 0 Å². The maximum atomic E-state index is 13.6. The maximum absolute atomic E-state index is 13.6. The van der Waals surface area contributed by atoms with E-state index in [0.717, 1.165) is 12.1 Å². The van der Waals surface area contributed by atoms with E-state index in [2.05, 4.69) is 4.99 Å². The summed E-state index contributed by atoms with van der Waals surface area (Å²) in [6.07, 6.45) is 1.45. The van der Waals surface area contributed by atoms with Gasteiger partial charge in [-0.25, -0.2) is 9.38 Å². The van der Waals surface area contributed by atoms with Gasteiger partial charge in [-0.1, -0.05) is 23.2 Å². The van der Waals surface area contributed by atoms with E-state index < -0.39 is 37.0 Å². The minimum Gasteiger partial charge on any atom is -0.474 e. The molecule has 3 N–H and O–H groups in total. The largest absolute Gasteiger partial charge is 0.474 e. The number of aliphatic imine (C=N–C) groups is 1. The van der Waals surface area contributed by atoms with Gasteiger partial charge in [-0.15, -0.1) is 0 Å². The molecule has 27 heavy (non-hydrogen) atoms. The molecular formula is C17H15Cl2FN2O5. The SMILES string of the molecule is O=C1C=C(CO)N(c2c(Cl)cc(F)cc2Cl)C2C=NC(OCC(O)CO)=C12. The standard InChI is InChI=1S/C17H15Cl2FN2O5/c18-11-1-8(20)2-12(19)16(11)22-9(5-23)3-14(26)15-13(22)4-21-17(15)27-7-10(25)6-24/h1-4,10,13,23-25H,5-7H2. The van der Waals surface area contributed by atoms with E-state index >= 15 is 0 Å². The van der Waals surface area contributed by atoms with Crippen LogP contribution in [0.15, 0.2) is 40.4 Å². The van der Waals surface area contributed by atoms with Crippen LogP contribution in [0.4, 0.5) is 10.1 Å². The highest BCUT2D eigenvalue weighted by atomic mass is 35.5. The summed E-state index contributed by atoms with van der Waals surface area (Å²) in [7, 11) is 0. The van der Waals surface area contributed by atoms with Gasteiger partial charge in [0.15, 0.2) is 5.78 Å². The molecule has 1 aromatic carbocycles. The second-order valence-corrected chi connectivity index (χ2v) is 6.65. The Bertz CT molecular complexity index is 848. The fourth-order valence-corrected chi connectivity index (χ4v) is 3.49. The lowest BCUT2D eigenvalue weighted by Gasteiger charge is -2.36. The molecule has 1 aromatic rings. The van der Waals surface area contributed by atoms with E-state index in [1.807, 2.05) is 0 Å². The first-order valence-corrected chi connectivity index (χ1v) is 8.62. The highest BCUT2D eigenvalue weighted by Gasteiger charge is 2.40. The lowest BCUT2D eigenvalue weighted by atomic mass is 9.97. The second kappa shape index (κ2) is 7.95. The van der Waals surface area contributed by atoms with Gasteiger partial charge in [-0.3, -0.25) is 4.79 Å². The molecule has 0 radical (unpaired) electrons. The third kappa shape index (κ3) is 3.71. The van der Waals surface area contributed by atoms with Crippen LogP contribution in [0.2, 0.25) is 10.0 Å². The summed E-state index contributed by atoms with van der Waals surface area (Å²) >= 11 is 12.3. The Balaban J connectivity index is 2.06. The number of benzene rings is 1. The van der Waals surface area contributed by atoms with E-state index in [1.54, 1.807) is 0 Å². The van der Waals surface area contributed by atoms with Gasteiger partial charge >= 0.3 is 0 Å². The Labute approximate surface area is 163 Å². The van der Waals surface area contributed by atoms with Crippen LogP contribution >= 0.6 is 23.2 Å². The highest BCUT2D eigenvalue weighted by Crippen LogP contribution is 2.42. The van der Waals surface area contributed by atoms with E-state index in [9.17, 15) is 19.4 Å². The zero-order valence-corrected chi connectivity index (χ0v) is 15.3. The summed E-state index contributed by atoms with van der Waals surface area (Å²) in [6, 6.07) is 1.35. The predicted molar refractivity (Wildman–Crippen MR) is 97.4 cm³/mol.